The van der Waals surface area contributed by atoms with E-state index in [0.29, 0.717) is 5.95 Å². The minimum absolute atomic E-state index is 0.544. The third kappa shape index (κ3) is 3.18. The first-order valence-corrected chi connectivity index (χ1v) is 10.0. The summed E-state index contributed by atoms with van der Waals surface area (Å²) in [5.41, 5.74) is 3.80. The smallest absolute Gasteiger partial charge is 0.230 e. The average Bonchev–Trinajstić information content (AvgIpc) is 3.10. The molecule has 0 spiro atoms. The zero-order chi connectivity index (χ0) is 18.2. The zero-order valence-corrected chi connectivity index (χ0v) is 16.5. The van der Waals surface area contributed by atoms with Crippen molar-refractivity contribution in [1.29, 1.82) is 0 Å². The number of para-hydroxylation sites is 1. The van der Waals surface area contributed by atoms with E-state index in [1.807, 2.05) is 48.5 Å². The first kappa shape index (κ1) is 16.4. The van der Waals surface area contributed by atoms with E-state index in [1.165, 1.54) is 0 Å². The van der Waals surface area contributed by atoms with Gasteiger partial charge in [-0.1, -0.05) is 69.7 Å². The van der Waals surface area contributed by atoms with Gasteiger partial charge >= 0.3 is 0 Å². The summed E-state index contributed by atoms with van der Waals surface area (Å²) in [5.74, 6) is 0.544. The van der Waals surface area contributed by atoms with Gasteiger partial charge in [0, 0.05) is 15.4 Å². The van der Waals surface area contributed by atoms with Gasteiger partial charge in [-0.25, -0.2) is 15.0 Å². The van der Waals surface area contributed by atoms with Crippen LogP contribution in [0.2, 0.25) is 0 Å². The van der Waals surface area contributed by atoms with Gasteiger partial charge in [0.1, 0.15) is 0 Å². The predicted molar refractivity (Wildman–Crippen MR) is 116 cm³/mol. The minimum atomic E-state index is 0.544. The number of aromatic nitrogens is 3. The molecule has 27 heavy (non-hydrogen) atoms. The van der Waals surface area contributed by atoms with Gasteiger partial charge in [0.05, 0.1) is 21.4 Å². The van der Waals surface area contributed by atoms with Crippen LogP contribution in [0.3, 0.4) is 0 Å². The van der Waals surface area contributed by atoms with Crippen LogP contribution >= 0.6 is 27.3 Å². The fourth-order valence-corrected chi connectivity index (χ4v) is 4.21. The normalized spacial score (nSPS) is 11.1. The quantitative estimate of drug-likeness (QED) is 0.357. The van der Waals surface area contributed by atoms with Crippen LogP contribution in [0.15, 0.2) is 77.3 Å². The first-order valence-electron chi connectivity index (χ1n) is 8.41. The van der Waals surface area contributed by atoms with Crippen LogP contribution in [0.1, 0.15) is 0 Å². The maximum absolute atomic E-state index is 4.80. The van der Waals surface area contributed by atoms with Crippen LogP contribution in [-0.4, -0.2) is 15.0 Å². The maximum Gasteiger partial charge on any atom is 0.230 e. The number of nitrogens with zero attached hydrogens (tertiary/aromatic N) is 3. The zero-order valence-electron chi connectivity index (χ0n) is 14.1. The molecule has 0 saturated carbocycles. The van der Waals surface area contributed by atoms with Crippen molar-refractivity contribution in [2.45, 2.75) is 0 Å². The molecule has 0 aliphatic rings. The molecule has 2 heterocycles. The van der Waals surface area contributed by atoms with Crippen LogP contribution in [0.4, 0.5) is 11.1 Å². The van der Waals surface area contributed by atoms with Crippen molar-refractivity contribution in [3.63, 3.8) is 0 Å². The third-order valence-electron chi connectivity index (χ3n) is 4.22. The number of thiazole rings is 1. The van der Waals surface area contributed by atoms with Gasteiger partial charge in [-0.2, -0.15) is 0 Å². The highest BCUT2D eigenvalue weighted by atomic mass is 79.9. The lowest BCUT2D eigenvalue weighted by Gasteiger charge is -2.09. The molecule has 5 aromatic rings. The summed E-state index contributed by atoms with van der Waals surface area (Å²) in [6, 6.07) is 24.3. The van der Waals surface area contributed by atoms with Gasteiger partial charge < -0.3 is 0 Å². The number of anilines is 2. The molecule has 0 radical (unpaired) electrons. The number of fused-ring (bicyclic) bond motifs is 2. The van der Waals surface area contributed by atoms with E-state index in [1.54, 1.807) is 11.3 Å². The second-order valence-corrected chi connectivity index (χ2v) is 7.98. The monoisotopic (exact) mass is 432 g/mol. The molecule has 5 rings (SSSR count). The minimum Gasteiger partial charge on any atom is -0.300 e. The van der Waals surface area contributed by atoms with Crippen LogP contribution in [-0.2, 0) is 0 Å². The van der Waals surface area contributed by atoms with E-state index >= 15 is 0 Å². The molecule has 4 nitrogen and oxygen atoms in total. The number of halogens is 1. The van der Waals surface area contributed by atoms with Gasteiger partial charge in [0.2, 0.25) is 5.95 Å². The van der Waals surface area contributed by atoms with E-state index < -0.39 is 0 Å². The molecule has 6 heteroatoms. The largest absolute Gasteiger partial charge is 0.300 e. The lowest BCUT2D eigenvalue weighted by atomic mass is 10.1. The molecule has 130 valence electrons. The standard InChI is InChI=1S/C21H13BrN4S/c22-14-10-11-16-15(12-14)19(13-6-2-1-3-7-13)25-20(23-16)26-21-24-17-8-4-5-9-18(17)27-21/h1-12H,(H,23,24,25,26). The van der Waals surface area contributed by atoms with Crippen molar-refractivity contribution in [2.75, 3.05) is 5.32 Å². The Morgan fingerprint density at radius 1 is 0.778 bits per heavy atom. The Hall–Kier alpha value is -2.83. The summed E-state index contributed by atoms with van der Waals surface area (Å²) in [6.45, 7) is 0. The highest BCUT2D eigenvalue weighted by molar-refractivity contribution is 9.10. The van der Waals surface area contributed by atoms with Crippen molar-refractivity contribution in [2.24, 2.45) is 0 Å². The van der Waals surface area contributed by atoms with Crippen LogP contribution in [0, 0.1) is 0 Å². The van der Waals surface area contributed by atoms with Crippen molar-refractivity contribution in [3.8, 4) is 11.3 Å². The summed E-state index contributed by atoms with van der Waals surface area (Å²) < 4.78 is 2.13. The summed E-state index contributed by atoms with van der Waals surface area (Å²) >= 11 is 5.14. The molecule has 0 saturated heterocycles. The Labute approximate surface area is 168 Å². The predicted octanol–water partition coefficient (Wildman–Crippen LogP) is 6.41. The van der Waals surface area contributed by atoms with Crippen molar-refractivity contribution >= 4 is 59.5 Å². The number of nitrogens with one attached hydrogen (secondary N) is 1. The maximum atomic E-state index is 4.80. The van der Waals surface area contributed by atoms with E-state index in [4.69, 9.17) is 9.97 Å². The molecule has 0 unspecified atom stereocenters. The third-order valence-corrected chi connectivity index (χ3v) is 5.66. The molecule has 0 aliphatic carbocycles. The van der Waals surface area contributed by atoms with Gasteiger partial charge in [0.25, 0.3) is 0 Å². The van der Waals surface area contributed by atoms with Crippen LogP contribution in [0.5, 0.6) is 0 Å². The lowest BCUT2D eigenvalue weighted by molar-refractivity contribution is 1.21. The number of hydrogen-bond donors (Lipinski definition) is 1. The molecule has 3 aromatic carbocycles. The number of hydrogen-bond acceptors (Lipinski definition) is 5. The molecule has 0 atom stereocenters. The Morgan fingerprint density at radius 2 is 1.59 bits per heavy atom. The Balaban J connectivity index is 1.65. The molecular formula is C21H13BrN4S. The molecule has 2 aromatic heterocycles. The van der Waals surface area contributed by atoms with E-state index in [9.17, 15) is 0 Å². The molecule has 1 N–H and O–H groups in total. The van der Waals surface area contributed by atoms with Gasteiger partial charge in [-0.3, -0.25) is 5.32 Å². The van der Waals surface area contributed by atoms with Crippen molar-refractivity contribution < 1.29 is 0 Å². The van der Waals surface area contributed by atoms with E-state index in [0.717, 1.165) is 42.0 Å². The average molecular weight is 433 g/mol. The summed E-state index contributed by atoms with van der Waals surface area (Å²) in [5, 5.41) is 5.07. The van der Waals surface area contributed by atoms with Crippen molar-refractivity contribution in [3.05, 3.63) is 77.3 Å². The van der Waals surface area contributed by atoms with Gasteiger partial charge in [-0.15, -0.1) is 0 Å². The topological polar surface area (TPSA) is 50.7 Å². The van der Waals surface area contributed by atoms with E-state index in [-0.39, 0.29) is 0 Å². The fourth-order valence-electron chi connectivity index (χ4n) is 2.99. The molecular weight excluding hydrogens is 420 g/mol. The number of benzene rings is 3. The Kier molecular flexibility index (Phi) is 4.07. The number of rotatable bonds is 3. The highest BCUT2D eigenvalue weighted by Gasteiger charge is 2.12. The molecule has 0 amide bonds. The van der Waals surface area contributed by atoms with Crippen LogP contribution in [0.25, 0.3) is 32.4 Å². The molecule has 0 aliphatic heterocycles. The van der Waals surface area contributed by atoms with Crippen molar-refractivity contribution in [1.82, 2.24) is 15.0 Å². The molecule has 0 bridgehead atoms. The fraction of sp³-hybridized carbons (Fsp3) is 0. The van der Waals surface area contributed by atoms with E-state index in [2.05, 4.69) is 50.5 Å². The summed E-state index contributed by atoms with van der Waals surface area (Å²) in [7, 11) is 0. The van der Waals surface area contributed by atoms with Gasteiger partial charge in [-0.05, 0) is 30.3 Å². The Bertz CT molecular complexity index is 1230. The lowest BCUT2D eigenvalue weighted by Crippen LogP contribution is -1.99. The molecule has 0 fully saturated rings. The summed E-state index contributed by atoms with van der Waals surface area (Å²) in [4.78, 5) is 14.1. The second kappa shape index (κ2) is 6.72. The van der Waals surface area contributed by atoms with Crippen LogP contribution < -0.4 is 5.32 Å². The SMILES string of the molecule is Brc1ccc2nc(Nc3nc4ccccc4s3)nc(-c3ccccc3)c2c1. The Morgan fingerprint density at radius 3 is 2.44 bits per heavy atom. The highest BCUT2D eigenvalue weighted by Crippen LogP contribution is 2.32. The summed E-state index contributed by atoms with van der Waals surface area (Å²) in [6.07, 6.45) is 0. The first-order chi connectivity index (χ1) is 13.3. The van der Waals surface area contributed by atoms with Gasteiger partial charge in [0.15, 0.2) is 5.13 Å². The second-order valence-electron chi connectivity index (χ2n) is 6.04.